The topological polar surface area (TPSA) is 89.4 Å². The average Bonchev–Trinajstić information content (AvgIpc) is 2.80. The SMILES string of the molecule is Cn1cccc(C(=O)Nc2ccc3c(c2)C(=O)Nc2ccccc2O3)c1=O. The van der Waals surface area contributed by atoms with Gasteiger partial charge in [-0.2, -0.15) is 0 Å². The van der Waals surface area contributed by atoms with Crippen LogP contribution >= 0.6 is 0 Å². The van der Waals surface area contributed by atoms with E-state index in [0.717, 1.165) is 0 Å². The number of ether oxygens (including phenoxy) is 1. The van der Waals surface area contributed by atoms with Crippen LogP contribution in [0.15, 0.2) is 65.6 Å². The highest BCUT2D eigenvalue weighted by Crippen LogP contribution is 2.36. The van der Waals surface area contributed by atoms with Crippen LogP contribution in [0.25, 0.3) is 0 Å². The molecule has 1 aromatic heterocycles. The van der Waals surface area contributed by atoms with Gasteiger partial charge in [-0.05, 0) is 42.5 Å². The third kappa shape index (κ3) is 3.06. The molecule has 0 fully saturated rings. The number of rotatable bonds is 2. The summed E-state index contributed by atoms with van der Waals surface area (Å²) < 4.78 is 7.13. The van der Waals surface area contributed by atoms with E-state index >= 15 is 0 Å². The average molecular weight is 361 g/mol. The maximum absolute atomic E-state index is 12.5. The van der Waals surface area contributed by atoms with E-state index in [9.17, 15) is 14.4 Å². The molecular weight excluding hydrogens is 346 g/mol. The van der Waals surface area contributed by atoms with Crippen molar-refractivity contribution >= 4 is 23.2 Å². The molecule has 2 aromatic carbocycles. The fraction of sp³-hybridized carbons (Fsp3) is 0.0500. The van der Waals surface area contributed by atoms with Crippen molar-refractivity contribution < 1.29 is 14.3 Å². The van der Waals surface area contributed by atoms with Crippen LogP contribution in [0.3, 0.4) is 0 Å². The number of amides is 2. The number of hydrogen-bond acceptors (Lipinski definition) is 4. The number of aryl methyl sites for hydroxylation is 1. The molecule has 1 aliphatic rings. The third-order valence-corrected chi connectivity index (χ3v) is 4.21. The Labute approximate surface area is 154 Å². The number of benzene rings is 2. The second-order valence-electron chi connectivity index (χ2n) is 6.06. The summed E-state index contributed by atoms with van der Waals surface area (Å²) in [5, 5.41) is 5.43. The van der Waals surface area contributed by atoms with Crippen molar-refractivity contribution in [1.82, 2.24) is 4.57 Å². The van der Waals surface area contributed by atoms with Crippen LogP contribution in [0.4, 0.5) is 11.4 Å². The number of aromatic nitrogens is 1. The van der Waals surface area contributed by atoms with Gasteiger partial charge in [0.25, 0.3) is 17.4 Å². The van der Waals surface area contributed by atoms with Gasteiger partial charge >= 0.3 is 0 Å². The summed E-state index contributed by atoms with van der Waals surface area (Å²) in [6, 6.07) is 14.9. The second kappa shape index (κ2) is 6.45. The van der Waals surface area contributed by atoms with Crippen molar-refractivity contribution in [1.29, 1.82) is 0 Å². The van der Waals surface area contributed by atoms with E-state index in [1.54, 1.807) is 49.6 Å². The highest BCUT2D eigenvalue weighted by Gasteiger charge is 2.21. The Balaban J connectivity index is 1.65. The quantitative estimate of drug-likeness (QED) is 0.734. The molecule has 7 nitrogen and oxygen atoms in total. The molecule has 3 aromatic rings. The lowest BCUT2D eigenvalue weighted by Crippen LogP contribution is -2.27. The minimum Gasteiger partial charge on any atom is -0.454 e. The zero-order chi connectivity index (χ0) is 19.0. The van der Waals surface area contributed by atoms with Gasteiger partial charge in [0.1, 0.15) is 11.3 Å². The number of para-hydroxylation sites is 2. The highest BCUT2D eigenvalue weighted by atomic mass is 16.5. The molecule has 1 aliphatic heterocycles. The normalized spacial score (nSPS) is 12.1. The standard InChI is InChI=1S/C20H15N3O4/c1-23-10-4-5-13(20(23)26)18(24)21-12-8-9-16-14(11-12)19(25)22-15-6-2-3-7-17(15)27-16/h2-11H,1H3,(H,21,24)(H,22,25). The van der Waals surface area contributed by atoms with Crippen molar-refractivity contribution in [3.05, 3.63) is 82.3 Å². The minimum absolute atomic E-state index is 0.0167. The van der Waals surface area contributed by atoms with E-state index in [1.165, 1.54) is 16.7 Å². The zero-order valence-electron chi connectivity index (χ0n) is 14.4. The van der Waals surface area contributed by atoms with Gasteiger partial charge in [0.2, 0.25) is 0 Å². The first-order valence-electron chi connectivity index (χ1n) is 8.22. The van der Waals surface area contributed by atoms with E-state index in [4.69, 9.17) is 4.74 Å². The Bertz CT molecular complexity index is 1130. The molecule has 7 heteroatoms. The molecule has 2 N–H and O–H groups in total. The number of hydrogen-bond donors (Lipinski definition) is 2. The lowest BCUT2D eigenvalue weighted by atomic mass is 10.1. The van der Waals surface area contributed by atoms with Gasteiger partial charge < -0.3 is 19.9 Å². The van der Waals surface area contributed by atoms with Crippen molar-refractivity contribution in [3.63, 3.8) is 0 Å². The van der Waals surface area contributed by atoms with Crippen LogP contribution in [-0.2, 0) is 7.05 Å². The molecule has 134 valence electrons. The van der Waals surface area contributed by atoms with E-state index < -0.39 is 11.5 Å². The first-order valence-corrected chi connectivity index (χ1v) is 8.22. The van der Waals surface area contributed by atoms with Gasteiger partial charge in [0, 0.05) is 18.9 Å². The van der Waals surface area contributed by atoms with Crippen LogP contribution in [0.1, 0.15) is 20.7 Å². The number of nitrogens with zero attached hydrogens (tertiary/aromatic N) is 1. The maximum atomic E-state index is 12.5. The molecule has 27 heavy (non-hydrogen) atoms. The van der Waals surface area contributed by atoms with Crippen molar-refractivity contribution in [2.45, 2.75) is 0 Å². The fourth-order valence-electron chi connectivity index (χ4n) is 2.81. The van der Waals surface area contributed by atoms with E-state index in [1.807, 2.05) is 6.07 Å². The largest absolute Gasteiger partial charge is 0.454 e. The number of nitrogens with one attached hydrogen (secondary N) is 2. The molecule has 0 radical (unpaired) electrons. The molecular formula is C20H15N3O4. The summed E-state index contributed by atoms with van der Waals surface area (Å²) in [5.74, 6) is 0.0244. The Morgan fingerprint density at radius 2 is 1.85 bits per heavy atom. The lowest BCUT2D eigenvalue weighted by molar-refractivity contribution is 0.101. The fourth-order valence-corrected chi connectivity index (χ4v) is 2.81. The van der Waals surface area contributed by atoms with Gasteiger partial charge in [-0.15, -0.1) is 0 Å². The lowest BCUT2D eigenvalue weighted by Gasteiger charge is -2.10. The van der Waals surface area contributed by atoms with Gasteiger partial charge in [-0.3, -0.25) is 14.4 Å². The molecule has 0 saturated heterocycles. The summed E-state index contributed by atoms with van der Waals surface area (Å²) in [7, 11) is 1.57. The Morgan fingerprint density at radius 3 is 2.70 bits per heavy atom. The number of fused-ring (bicyclic) bond motifs is 2. The molecule has 0 saturated carbocycles. The summed E-state index contributed by atoms with van der Waals surface area (Å²) in [4.78, 5) is 37.0. The first-order chi connectivity index (χ1) is 13.0. The first kappa shape index (κ1) is 16.6. The Kier molecular flexibility index (Phi) is 3.97. The van der Waals surface area contributed by atoms with Crippen molar-refractivity contribution in [2.24, 2.45) is 7.05 Å². The number of carbonyl (C=O) groups excluding carboxylic acids is 2. The van der Waals surface area contributed by atoms with Gasteiger partial charge in [0.15, 0.2) is 5.75 Å². The smallest absolute Gasteiger partial charge is 0.263 e. The Hall–Kier alpha value is -3.87. The van der Waals surface area contributed by atoms with Gasteiger partial charge in [-0.1, -0.05) is 12.1 Å². The van der Waals surface area contributed by atoms with E-state index in [-0.39, 0.29) is 17.0 Å². The van der Waals surface area contributed by atoms with Crippen LogP contribution in [0, 0.1) is 0 Å². The van der Waals surface area contributed by atoms with Crippen LogP contribution in [0.5, 0.6) is 11.5 Å². The molecule has 0 bridgehead atoms. The van der Waals surface area contributed by atoms with E-state index in [2.05, 4.69) is 10.6 Å². The monoisotopic (exact) mass is 361 g/mol. The Morgan fingerprint density at radius 1 is 1.04 bits per heavy atom. The summed E-state index contributed by atoms with van der Waals surface area (Å²) >= 11 is 0. The number of carbonyl (C=O) groups is 2. The predicted octanol–water partition coefficient (Wildman–Crippen LogP) is 3.00. The third-order valence-electron chi connectivity index (χ3n) is 4.21. The summed E-state index contributed by atoms with van der Waals surface area (Å²) in [6.45, 7) is 0. The zero-order valence-corrected chi connectivity index (χ0v) is 14.4. The molecule has 2 heterocycles. The predicted molar refractivity (Wildman–Crippen MR) is 101 cm³/mol. The number of anilines is 2. The van der Waals surface area contributed by atoms with Crippen molar-refractivity contribution in [3.8, 4) is 11.5 Å². The molecule has 0 unspecified atom stereocenters. The molecule has 0 atom stereocenters. The van der Waals surface area contributed by atoms with Crippen LogP contribution < -0.4 is 20.9 Å². The van der Waals surface area contributed by atoms with Crippen LogP contribution in [-0.4, -0.2) is 16.4 Å². The molecule has 4 rings (SSSR count). The molecule has 0 aliphatic carbocycles. The van der Waals surface area contributed by atoms with Gasteiger partial charge in [0.05, 0.1) is 11.3 Å². The highest BCUT2D eigenvalue weighted by molar-refractivity contribution is 6.10. The summed E-state index contributed by atoms with van der Waals surface area (Å²) in [5.41, 5.74) is 0.848. The second-order valence-corrected chi connectivity index (χ2v) is 6.06. The summed E-state index contributed by atoms with van der Waals surface area (Å²) in [6.07, 6.45) is 1.57. The minimum atomic E-state index is -0.547. The number of pyridine rings is 1. The molecule has 2 amide bonds. The van der Waals surface area contributed by atoms with Crippen LogP contribution in [0.2, 0.25) is 0 Å². The van der Waals surface area contributed by atoms with Gasteiger partial charge in [-0.25, -0.2) is 0 Å². The maximum Gasteiger partial charge on any atom is 0.263 e. The van der Waals surface area contributed by atoms with Crippen molar-refractivity contribution in [2.75, 3.05) is 10.6 Å². The van der Waals surface area contributed by atoms with E-state index in [0.29, 0.717) is 22.9 Å². The molecule has 0 spiro atoms.